The van der Waals surface area contributed by atoms with E-state index in [1.807, 2.05) is 0 Å². The van der Waals surface area contributed by atoms with Crippen molar-refractivity contribution >= 4 is 5.97 Å². The van der Waals surface area contributed by atoms with Gasteiger partial charge >= 0.3 is 5.97 Å². The van der Waals surface area contributed by atoms with Crippen LogP contribution in [0.5, 0.6) is 5.95 Å². The Hall–Kier alpha value is -1.53. The van der Waals surface area contributed by atoms with Crippen LogP contribution in [0.3, 0.4) is 0 Å². The topological polar surface area (TPSA) is 78.1 Å². The molecule has 0 aromatic carbocycles. The van der Waals surface area contributed by atoms with E-state index in [-0.39, 0.29) is 12.1 Å². The first-order chi connectivity index (χ1) is 16.2. The van der Waals surface area contributed by atoms with Crippen molar-refractivity contribution < 1.29 is 28.5 Å². The Labute approximate surface area is 200 Å². The molecule has 0 saturated carbocycles. The molecule has 0 aliphatic carbocycles. The average Bonchev–Trinajstić information content (AvgIpc) is 3.24. The van der Waals surface area contributed by atoms with E-state index in [0.29, 0.717) is 31.1 Å². The van der Waals surface area contributed by atoms with Crippen LogP contribution in [-0.2, 0) is 15.9 Å². The molecule has 6 heteroatoms. The first kappa shape index (κ1) is 27.7. The maximum absolute atomic E-state index is 11.5. The Morgan fingerprint density at radius 1 is 0.939 bits per heavy atom. The van der Waals surface area contributed by atoms with Crippen molar-refractivity contribution in [1.29, 1.82) is 0 Å². The summed E-state index contributed by atoms with van der Waals surface area (Å²) in [5.74, 6) is -0.766. The van der Waals surface area contributed by atoms with E-state index in [1.165, 1.54) is 64.2 Å². The summed E-state index contributed by atoms with van der Waals surface area (Å²) in [6.45, 7) is 4.13. The highest BCUT2D eigenvalue weighted by Gasteiger charge is 2.19. The molecule has 1 aliphatic heterocycles. The molecule has 33 heavy (non-hydrogen) atoms. The van der Waals surface area contributed by atoms with Gasteiger partial charge in [0.1, 0.15) is 0 Å². The number of aryl methyl sites for hydroxylation is 1. The Kier molecular flexibility index (Phi) is 15.0. The molecule has 6 nitrogen and oxygen atoms in total. The van der Waals surface area contributed by atoms with Crippen LogP contribution in [0.1, 0.15) is 126 Å². The van der Waals surface area contributed by atoms with E-state index >= 15 is 0 Å². The highest BCUT2D eigenvalue weighted by molar-refractivity contribution is 5.86. The third-order valence-electron chi connectivity index (χ3n) is 6.25. The molecule has 2 rings (SSSR count). The van der Waals surface area contributed by atoms with E-state index in [9.17, 15) is 9.90 Å². The van der Waals surface area contributed by atoms with E-state index in [0.717, 1.165) is 45.1 Å². The molecule has 1 aliphatic rings. The molecule has 2 heterocycles. The molecule has 1 atom stereocenters. The molecule has 0 spiro atoms. The summed E-state index contributed by atoms with van der Waals surface area (Å²) in [6.07, 6.45) is 19.9. The van der Waals surface area contributed by atoms with Crippen LogP contribution in [-0.4, -0.2) is 37.2 Å². The minimum atomic E-state index is -1.05. The van der Waals surface area contributed by atoms with Gasteiger partial charge in [-0.05, 0) is 38.5 Å². The fourth-order valence-corrected chi connectivity index (χ4v) is 4.28. The standard InChI is InChI=1S/C27H46O6/c1-2-3-4-5-6-7-8-9-10-11-12-14-19-32-25-22-23(26(33-25)27(28)29)17-16-21-31-24-18-13-15-20-30-24/h22,24H,2-21H2,1H3,(H,28,29). The number of furan rings is 1. The third-order valence-corrected chi connectivity index (χ3v) is 6.25. The molecule has 0 amide bonds. The second-order valence-electron chi connectivity index (χ2n) is 9.23. The van der Waals surface area contributed by atoms with Gasteiger partial charge in [-0.15, -0.1) is 0 Å². The van der Waals surface area contributed by atoms with Crippen LogP contribution >= 0.6 is 0 Å². The van der Waals surface area contributed by atoms with Crippen LogP contribution in [0.25, 0.3) is 0 Å². The molecular weight excluding hydrogens is 420 g/mol. The van der Waals surface area contributed by atoms with Crippen molar-refractivity contribution in [3.05, 3.63) is 17.4 Å². The summed E-state index contributed by atoms with van der Waals surface area (Å²) in [4.78, 5) is 11.5. The summed E-state index contributed by atoms with van der Waals surface area (Å²) in [6, 6.07) is 1.72. The van der Waals surface area contributed by atoms with Gasteiger partial charge in [0, 0.05) is 18.2 Å². The Morgan fingerprint density at radius 2 is 1.61 bits per heavy atom. The van der Waals surface area contributed by atoms with Gasteiger partial charge in [-0.1, -0.05) is 77.6 Å². The van der Waals surface area contributed by atoms with Crippen molar-refractivity contribution in [3.63, 3.8) is 0 Å². The molecule has 1 N–H and O–H groups in total. The molecular formula is C27H46O6. The van der Waals surface area contributed by atoms with Crippen molar-refractivity contribution in [1.82, 2.24) is 0 Å². The number of carbonyl (C=O) groups is 1. The number of rotatable bonds is 20. The molecule has 0 radical (unpaired) electrons. The predicted octanol–water partition coefficient (Wildman–Crippen LogP) is 7.53. The smallest absolute Gasteiger partial charge is 0.372 e. The Bertz CT molecular complexity index is 620. The second-order valence-corrected chi connectivity index (χ2v) is 9.23. The van der Waals surface area contributed by atoms with Crippen LogP contribution in [0.2, 0.25) is 0 Å². The van der Waals surface area contributed by atoms with Crippen LogP contribution in [0.4, 0.5) is 0 Å². The number of carboxylic acid groups (broad SMARTS) is 1. The highest BCUT2D eigenvalue weighted by atomic mass is 16.7. The fourth-order valence-electron chi connectivity index (χ4n) is 4.28. The summed E-state index contributed by atoms with van der Waals surface area (Å²) in [5, 5.41) is 9.42. The number of hydrogen-bond donors (Lipinski definition) is 1. The molecule has 0 bridgehead atoms. The quantitative estimate of drug-likeness (QED) is 0.200. The van der Waals surface area contributed by atoms with Gasteiger partial charge < -0.3 is 23.7 Å². The van der Waals surface area contributed by atoms with Crippen molar-refractivity contribution in [2.24, 2.45) is 0 Å². The van der Waals surface area contributed by atoms with E-state index in [1.54, 1.807) is 6.07 Å². The van der Waals surface area contributed by atoms with E-state index < -0.39 is 5.97 Å². The Balaban J connectivity index is 1.52. The summed E-state index contributed by atoms with van der Waals surface area (Å²) in [5.41, 5.74) is 0.667. The second kappa shape index (κ2) is 17.9. The van der Waals surface area contributed by atoms with Gasteiger partial charge in [0.2, 0.25) is 5.76 Å². The maximum atomic E-state index is 11.5. The summed E-state index contributed by atoms with van der Waals surface area (Å²) >= 11 is 0. The maximum Gasteiger partial charge on any atom is 0.372 e. The van der Waals surface area contributed by atoms with Crippen LogP contribution < -0.4 is 4.74 Å². The van der Waals surface area contributed by atoms with E-state index in [2.05, 4.69) is 6.92 Å². The zero-order valence-electron chi connectivity index (χ0n) is 20.8. The lowest BCUT2D eigenvalue weighted by Crippen LogP contribution is -2.22. The normalized spacial score (nSPS) is 16.2. The fraction of sp³-hybridized carbons (Fsp3) is 0.815. The zero-order chi connectivity index (χ0) is 23.6. The molecule has 190 valence electrons. The largest absolute Gasteiger partial charge is 0.475 e. The number of aromatic carboxylic acids is 1. The van der Waals surface area contributed by atoms with Gasteiger partial charge in [-0.2, -0.15) is 0 Å². The van der Waals surface area contributed by atoms with Crippen molar-refractivity contribution in [3.8, 4) is 5.95 Å². The SMILES string of the molecule is CCCCCCCCCCCCCCOc1cc(CCCOC2CCCCO2)c(C(=O)O)o1. The van der Waals surface area contributed by atoms with Crippen LogP contribution in [0.15, 0.2) is 10.5 Å². The Morgan fingerprint density at radius 3 is 2.21 bits per heavy atom. The number of unbranched alkanes of at least 4 members (excludes halogenated alkanes) is 11. The van der Waals surface area contributed by atoms with Gasteiger partial charge in [-0.3, -0.25) is 0 Å². The molecule has 1 aromatic rings. The lowest BCUT2D eigenvalue weighted by Gasteiger charge is -2.22. The highest BCUT2D eigenvalue weighted by Crippen LogP contribution is 2.24. The first-order valence-electron chi connectivity index (χ1n) is 13.4. The molecule has 1 unspecified atom stereocenters. The summed E-state index contributed by atoms with van der Waals surface area (Å²) < 4.78 is 22.4. The number of ether oxygens (including phenoxy) is 3. The van der Waals surface area contributed by atoms with E-state index in [4.69, 9.17) is 18.6 Å². The van der Waals surface area contributed by atoms with Crippen LogP contribution in [0, 0.1) is 0 Å². The minimum Gasteiger partial charge on any atom is -0.475 e. The predicted molar refractivity (Wildman–Crippen MR) is 130 cm³/mol. The monoisotopic (exact) mass is 466 g/mol. The van der Waals surface area contributed by atoms with Crippen molar-refractivity contribution in [2.75, 3.05) is 19.8 Å². The van der Waals surface area contributed by atoms with Gasteiger partial charge in [0.05, 0.1) is 13.2 Å². The lowest BCUT2D eigenvalue weighted by atomic mass is 10.1. The molecule has 1 aromatic heterocycles. The van der Waals surface area contributed by atoms with Gasteiger partial charge in [-0.25, -0.2) is 4.79 Å². The van der Waals surface area contributed by atoms with Gasteiger partial charge in [0.25, 0.3) is 5.95 Å². The zero-order valence-corrected chi connectivity index (χ0v) is 20.8. The van der Waals surface area contributed by atoms with Crippen molar-refractivity contribution in [2.45, 2.75) is 122 Å². The first-order valence-corrected chi connectivity index (χ1v) is 13.4. The third kappa shape index (κ3) is 12.5. The van der Waals surface area contributed by atoms with Gasteiger partial charge in [0.15, 0.2) is 6.29 Å². The molecule has 1 saturated heterocycles. The number of carboxylic acids is 1. The number of hydrogen-bond acceptors (Lipinski definition) is 5. The molecule has 1 fully saturated rings. The summed E-state index contributed by atoms with van der Waals surface area (Å²) in [7, 11) is 0. The minimum absolute atomic E-state index is 0.0198. The average molecular weight is 467 g/mol. The lowest BCUT2D eigenvalue weighted by molar-refractivity contribution is -0.162.